The van der Waals surface area contributed by atoms with Gasteiger partial charge >= 0.3 is 0 Å². The molecule has 1 fully saturated rings. The summed E-state index contributed by atoms with van der Waals surface area (Å²) in [6, 6.07) is 20.8. The Bertz CT molecular complexity index is 1540. The minimum absolute atomic E-state index is 0.146. The van der Waals surface area contributed by atoms with Crippen molar-refractivity contribution in [1.82, 2.24) is 30.3 Å². The van der Waals surface area contributed by atoms with E-state index in [0.29, 0.717) is 23.5 Å². The molecule has 1 amide bonds. The summed E-state index contributed by atoms with van der Waals surface area (Å²) in [4.78, 5) is 28.1. The third kappa shape index (κ3) is 10.3. The van der Waals surface area contributed by atoms with Crippen LogP contribution in [0.2, 0.25) is 0 Å². The maximum absolute atomic E-state index is 12.7. The highest BCUT2D eigenvalue weighted by Crippen LogP contribution is 2.20. The SMILES string of the molecule is CN1CCN(NCc2ccc(C(=O)Nc3ccc(Nc4nccc(-c5cccnc5)n4)cc3)cc2)CC1.CS(=O)(=O)O. The van der Waals surface area contributed by atoms with Crippen LogP contribution in [-0.4, -0.2) is 83.2 Å². The van der Waals surface area contributed by atoms with Crippen LogP contribution in [0.25, 0.3) is 11.3 Å². The fraction of sp³-hybridized carbons (Fsp3) is 0.241. The molecule has 4 aromatic rings. The third-order valence-corrected chi connectivity index (χ3v) is 6.24. The van der Waals surface area contributed by atoms with Gasteiger partial charge in [0.15, 0.2) is 0 Å². The molecular formula is C29H34N8O4S. The Morgan fingerprint density at radius 3 is 2.24 bits per heavy atom. The maximum atomic E-state index is 12.7. The number of carbonyl (C=O) groups excluding carboxylic acids is 1. The number of piperazine rings is 1. The molecule has 13 heteroatoms. The van der Waals surface area contributed by atoms with Crippen molar-refractivity contribution in [2.45, 2.75) is 6.54 Å². The first-order valence-corrected chi connectivity index (χ1v) is 15.1. The number of amides is 1. The predicted octanol–water partition coefficient (Wildman–Crippen LogP) is 3.29. The monoisotopic (exact) mass is 590 g/mol. The zero-order valence-electron chi connectivity index (χ0n) is 23.4. The zero-order chi connectivity index (χ0) is 30.0. The van der Waals surface area contributed by atoms with Gasteiger partial charge in [0.2, 0.25) is 5.95 Å². The zero-order valence-corrected chi connectivity index (χ0v) is 24.3. The number of anilines is 3. The Hall–Kier alpha value is -4.27. The molecule has 12 nitrogen and oxygen atoms in total. The Morgan fingerprint density at radius 1 is 0.929 bits per heavy atom. The Kier molecular flexibility index (Phi) is 10.6. The van der Waals surface area contributed by atoms with Crippen molar-refractivity contribution in [3.8, 4) is 11.3 Å². The summed E-state index contributed by atoms with van der Waals surface area (Å²) in [6.07, 6.45) is 5.92. The van der Waals surface area contributed by atoms with Gasteiger partial charge in [0.25, 0.3) is 16.0 Å². The molecule has 1 aliphatic heterocycles. The first-order valence-electron chi connectivity index (χ1n) is 13.2. The Balaban J connectivity index is 0.000000748. The maximum Gasteiger partial charge on any atom is 0.261 e. The number of nitrogens with zero attached hydrogens (tertiary/aromatic N) is 5. The van der Waals surface area contributed by atoms with E-state index in [1.165, 1.54) is 0 Å². The van der Waals surface area contributed by atoms with E-state index in [1.54, 1.807) is 18.6 Å². The summed E-state index contributed by atoms with van der Waals surface area (Å²) >= 11 is 0. The Labute approximate surface area is 245 Å². The van der Waals surface area contributed by atoms with Gasteiger partial charge in [0.1, 0.15) is 0 Å². The lowest BCUT2D eigenvalue weighted by Crippen LogP contribution is -2.50. The van der Waals surface area contributed by atoms with Gasteiger partial charge in [-0.1, -0.05) is 12.1 Å². The van der Waals surface area contributed by atoms with Gasteiger partial charge in [-0.2, -0.15) is 8.42 Å². The minimum atomic E-state index is -3.67. The van der Waals surface area contributed by atoms with Crippen LogP contribution in [-0.2, 0) is 16.7 Å². The molecule has 2 aromatic carbocycles. The smallest absolute Gasteiger partial charge is 0.261 e. The van der Waals surface area contributed by atoms with E-state index in [9.17, 15) is 13.2 Å². The van der Waals surface area contributed by atoms with Crippen LogP contribution in [0.1, 0.15) is 15.9 Å². The molecule has 0 atom stereocenters. The molecule has 0 bridgehead atoms. The number of pyridine rings is 1. The van der Waals surface area contributed by atoms with Gasteiger partial charge in [0.05, 0.1) is 11.9 Å². The van der Waals surface area contributed by atoms with E-state index in [-0.39, 0.29) is 5.91 Å². The molecule has 42 heavy (non-hydrogen) atoms. The molecule has 5 rings (SSSR count). The summed E-state index contributed by atoms with van der Waals surface area (Å²) in [5, 5.41) is 8.41. The molecule has 0 radical (unpaired) electrons. The van der Waals surface area contributed by atoms with Gasteiger partial charge in [-0.05, 0) is 67.2 Å². The number of carbonyl (C=O) groups is 1. The lowest BCUT2D eigenvalue weighted by atomic mass is 10.1. The fourth-order valence-corrected chi connectivity index (χ4v) is 4.00. The van der Waals surface area contributed by atoms with Crippen molar-refractivity contribution in [3.63, 3.8) is 0 Å². The number of hydrogen-bond acceptors (Lipinski definition) is 10. The van der Waals surface area contributed by atoms with Crippen molar-refractivity contribution in [2.75, 3.05) is 50.1 Å². The van der Waals surface area contributed by atoms with Crippen LogP contribution >= 0.6 is 0 Å². The molecule has 1 saturated heterocycles. The van der Waals surface area contributed by atoms with Crippen LogP contribution < -0.4 is 16.1 Å². The highest BCUT2D eigenvalue weighted by atomic mass is 32.2. The van der Waals surface area contributed by atoms with Crippen LogP contribution in [0.3, 0.4) is 0 Å². The van der Waals surface area contributed by atoms with Crippen LogP contribution in [0.15, 0.2) is 85.3 Å². The summed E-state index contributed by atoms with van der Waals surface area (Å²) in [5.41, 5.74) is 8.46. The molecule has 0 spiro atoms. The second-order valence-electron chi connectivity index (χ2n) is 9.72. The number of benzene rings is 2. The topological polar surface area (TPSA) is 153 Å². The average Bonchev–Trinajstić information content (AvgIpc) is 2.98. The molecule has 0 unspecified atom stereocenters. The standard InChI is InChI=1S/C28H30N8O.CH4O3S/c1-35-15-17-36(18-16-35)31-19-21-4-6-22(7-5-21)27(37)32-24-8-10-25(11-9-24)33-28-30-14-12-26(34-28)23-3-2-13-29-20-23;1-5(2,3)4/h2-14,20,31H,15-19H2,1H3,(H,32,37)(H,30,33,34);1H3,(H,2,3,4). The van der Waals surface area contributed by atoms with Crippen LogP contribution in [0, 0.1) is 0 Å². The summed E-state index contributed by atoms with van der Waals surface area (Å²) in [5.74, 6) is 0.340. The largest absolute Gasteiger partial charge is 0.324 e. The van der Waals surface area contributed by atoms with Gasteiger partial charge in [-0.3, -0.25) is 19.8 Å². The van der Waals surface area contributed by atoms with Gasteiger partial charge in [-0.25, -0.2) is 15.0 Å². The van der Waals surface area contributed by atoms with Gasteiger partial charge < -0.3 is 15.5 Å². The van der Waals surface area contributed by atoms with E-state index >= 15 is 0 Å². The average molecular weight is 591 g/mol. The first kappa shape index (κ1) is 30.7. The summed E-state index contributed by atoms with van der Waals surface area (Å²) < 4.78 is 25.9. The van der Waals surface area contributed by atoms with Crippen molar-refractivity contribution in [3.05, 3.63) is 96.4 Å². The highest BCUT2D eigenvalue weighted by Gasteiger charge is 2.13. The predicted molar refractivity (Wildman–Crippen MR) is 163 cm³/mol. The van der Waals surface area contributed by atoms with E-state index in [4.69, 9.17) is 4.55 Å². The normalized spacial score (nSPS) is 14.0. The molecule has 2 aromatic heterocycles. The fourth-order valence-electron chi connectivity index (χ4n) is 4.00. The molecule has 220 valence electrons. The molecule has 4 N–H and O–H groups in total. The second-order valence-corrected chi connectivity index (χ2v) is 11.2. The minimum Gasteiger partial charge on any atom is -0.324 e. The Morgan fingerprint density at radius 2 is 1.60 bits per heavy atom. The first-order chi connectivity index (χ1) is 20.1. The van der Waals surface area contributed by atoms with Gasteiger partial charge in [-0.15, -0.1) is 0 Å². The lowest BCUT2D eigenvalue weighted by molar-refractivity contribution is 0.102. The summed E-state index contributed by atoms with van der Waals surface area (Å²) in [6.45, 7) is 4.90. The number of nitrogens with one attached hydrogen (secondary N) is 3. The summed E-state index contributed by atoms with van der Waals surface area (Å²) in [7, 11) is -1.52. The number of hydrazine groups is 1. The lowest BCUT2D eigenvalue weighted by Gasteiger charge is -2.32. The number of aromatic nitrogens is 3. The quantitative estimate of drug-likeness (QED) is 0.224. The van der Waals surface area contributed by atoms with E-state index in [1.807, 2.05) is 66.7 Å². The van der Waals surface area contributed by atoms with E-state index in [2.05, 4.69) is 48.0 Å². The van der Waals surface area contributed by atoms with Crippen LogP contribution in [0.4, 0.5) is 17.3 Å². The van der Waals surface area contributed by atoms with E-state index in [0.717, 1.165) is 55.2 Å². The van der Waals surface area contributed by atoms with Crippen molar-refractivity contribution in [1.29, 1.82) is 0 Å². The van der Waals surface area contributed by atoms with E-state index < -0.39 is 10.1 Å². The van der Waals surface area contributed by atoms with Crippen molar-refractivity contribution >= 4 is 33.3 Å². The molecule has 1 aliphatic rings. The number of rotatable bonds is 8. The van der Waals surface area contributed by atoms with Crippen molar-refractivity contribution < 1.29 is 17.8 Å². The second kappa shape index (κ2) is 14.6. The molecule has 3 heterocycles. The third-order valence-electron chi connectivity index (χ3n) is 6.24. The molecule has 0 saturated carbocycles. The number of hydrogen-bond donors (Lipinski definition) is 4. The highest BCUT2D eigenvalue weighted by molar-refractivity contribution is 7.85. The molecular weight excluding hydrogens is 556 g/mol. The van der Waals surface area contributed by atoms with Gasteiger partial charge in [0, 0.05) is 73.8 Å². The molecule has 0 aliphatic carbocycles. The van der Waals surface area contributed by atoms with Crippen molar-refractivity contribution in [2.24, 2.45) is 0 Å². The number of likely N-dealkylation sites (N-methyl/N-ethyl adjacent to an activating group) is 1. The van der Waals surface area contributed by atoms with Crippen LogP contribution in [0.5, 0.6) is 0 Å².